The van der Waals surface area contributed by atoms with Crippen molar-refractivity contribution in [3.63, 3.8) is 0 Å². The summed E-state index contributed by atoms with van der Waals surface area (Å²) in [5.41, 5.74) is 2.31. The molecule has 2 aromatic carbocycles. The second-order valence-electron chi connectivity index (χ2n) is 8.30. The van der Waals surface area contributed by atoms with E-state index in [0.717, 1.165) is 12.1 Å². The molecule has 1 aliphatic rings. The maximum Gasteiger partial charge on any atom is 0.306 e. The van der Waals surface area contributed by atoms with Crippen molar-refractivity contribution in [1.29, 1.82) is 5.26 Å². The second-order valence-corrected chi connectivity index (χ2v) is 8.70. The first kappa shape index (κ1) is 22.6. The Morgan fingerprint density at radius 2 is 2.12 bits per heavy atom. The van der Waals surface area contributed by atoms with Gasteiger partial charge in [0.25, 0.3) is 5.89 Å². The molecule has 2 atom stereocenters. The van der Waals surface area contributed by atoms with Gasteiger partial charge in [-0.15, -0.1) is 0 Å². The molecule has 1 fully saturated rings. The Morgan fingerprint density at radius 3 is 2.79 bits per heavy atom. The highest BCUT2D eigenvalue weighted by molar-refractivity contribution is 6.32. The minimum Gasteiger partial charge on any atom is -0.489 e. The molecule has 1 heterocycles. The first-order valence-corrected chi connectivity index (χ1v) is 11.1. The van der Waals surface area contributed by atoms with Crippen LogP contribution in [0.5, 0.6) is 5.75 Å². The van der Waals surface area contributed by atoms with Gasteiger partial charge in [-0.2, -0.15) is 10.2 Å². The second kappa shape index (κ2) is 9.51. The quantitative estimate of drug-likeness (QED) is 0.475. The molecule has 0 amide bonds. The molecular formula is C24H23ClN4O4. The highest BCUT2D eigenvalue weighted by Crippen LogP contribution is 2.33. The monoisotopic (exact) mass is 466 g/mol. The number of carbonyl (C=O) groups is 1. The number of hydrogen-bond donors (Lipinski definition) is 2. The summed E-state index contributed by atoms with van der Waals surface area (Å²) in [6.07, 6.45) is 1.99. The highest BCUT2D eigenvalue weighted by Gasteiger charge is 2.29. The Kier molecular flexibility index (Phi) is 6.52. The van der Waals surface area contributed by atoms with Gasteiger partial charge in [-0.05, 0) is 69.5 Å². The number of aliphatic carboxylic acids is 1. The molecule has 0 spiro atoms. The van der Waals surface area contributed by atoms with E-state index in [2.05, 4.69) is 21.5 Å². The van der Waals surface area contributed by atoms with Gasteiger partial charge in [-0.1, -0.05) is 16.8 Å². The molecule has 0 unspecified atom stereocenters. The van der Waals surface area contributed by atoms with Crippen molar-refractivity contribution in [3.05, 3.63) is 47.0 Å². The number of halogens is 1. The average Bonchev–Trinajstić information content (AvgIpc) is 3.45. The van der Waals surface area contributed by atoms with Crippen LogP contribution in [0.15, 0.2) is 40.9 Å². The molecule has 9 heteroatoms. The third-order valence-electron chi connectivity index (χ3n) is 5.50. The summed E-state index contributed by atoms with van der Waals surface area (Å²) in [4.78, 5) is 15.6. The fourth-order valence-electron chi connectivity index (χ4n) is 3.93. The molecule has 0 radical (unpaired) electrons. The van der Waals surface area contributed by atoms with E-state index < -0.39 is 5.97 Å². The standard InChI is InChI=1S/C24H23ClN4O4/c1-13(2)32-21-8-4-14(11-20(21)25)22-28-23(33-29-22)19-7-6-18(10-16(19)12-26)27-17-5-3-15(9-17)24(30)31/h4,6-8,10-11,13,15,17,27H,3,5,9H2,1-2H3,(H,30,31)/t15-,17+/m1/s1. The van der Waals surface area contributed by atoms with Crippen molar-refractivity contribution in [1.82, 2.24) is 10.1 Å². The molecule has 4 rings (SSSR count). The fraction of sp³-hybridized carbons (Fsp3) is 0.333. The molecule has 1 saturated carbocycles. The van der Waals surface area contributed by atoms with E-state index in [1.165, 1.54) is 0 Å². The summed E-state index contributed by atoms with van der Waals surface area (Å²) >= 11 is 6.31. The third-order valence-corrected chi connectivity index (χ3v) is 5.80. The van der Waals surface area contributed by atoms with Crippen LogP contribution in [0.4, 0.5) is 5.69 Å². The largest absolute Gasteiger partial charge is 0.489 e. The summed E-state index contributed by atoms with van der Waals surface area (Å²) in [6, 6.07) is 12.8. The third kappa shape index (κ3) is 5.10. The van der Waals surface area contributed by atoms with Gasteiger partial charge in [-0.3, -0.25) is 4.79 Å². The number of carboxylic acid groups (broad SMARTS) is 1. The summed E-state index contributed by atoms with van der Waals surface area (Å²) in [6.45, 7) is 3.84. The van der Waals surface area contributed by atoms with Crippen molar-refractivity contribution < 1.29 is 19.2 Å². The topological polar surface area (TPSA) is 121 Å². The minimum atomic E-state index is -0.761. The number of nitrogens with one attached hydrogen (secondary N) is 1. The smallest absolute Gasteiger partial charge is 0.306 e. The molecule has 170 valence electrons. The molecule has 2 N–H and O–H groups in total. The van der Waals surface area contributed by atoms with Gasteiger partial charge in [-0.25, -0.2) is 0 Å². The Morgan fingerprint density at radius 1 is 1.30 bits per heavy atom. The molecular weight excluding hydrogens is 444 g/mol. The number of ether oxygens (including phenoxy) is 1. The minimum absolute atomic E-state index is 0.000687. The summed E-state index contributed by atoms with van der Waals surface area (Å²) < 4.78 is 11.1. The summed E-state index contributed by atoms with van der Waals surface area (Å²) in [7, 11) is 0. The van der Waals surface area contributed by atoms with Gasteiger partial charge >= 0.3 is 5.97 Å². The number of nitriles is 1. The first-order valence-electron chi connectivity index (χ1n) is 10.7. The molecule has 0 bridgehead atoms. The Hall–Kier alpha value is -3.57. The summed E-state index contributed by atoms with van der Waals surface area (Å²) in [5.74, 6) is 0.0562. The van der Waals surface area contributed by atoms with Crippen LogP contribution in [-0.2, 0) is 4.79 Å². The van der Waals surface area contributed by atoms with Crippen molar-refractivity contribution in [2.24, 2.45) is 5.92 Å². The number of carboxylic acids is 1. The zero-order valence-electron chi connectivity index (χ0n) is 18.2. The van der Waals surface area contributed by atoms with Gasteiger partial charge < -0.3 is 19.7 Å². The van der Waals surface area contributed by atoms with Crippen LogP contribution in [0, 0.1) is 17.2 Å². The van der Waals surface area contributed by atoms with Gasteiger partial charge in [0.2, 0.25) is 5.82 Å². The molecule has 8 nitrogen and oxygen atoms in total. The van der Waals surface area contributed by atoms with E-state index in [9.17, 15) is 15.2 Å². The van der Waals surface area contributed by atoms with Gasteiger partial charge in [0.1, 0.15) is 11.8 Å². The average molecular weight is 467 g/mol. The van der Waals surface area contributed by atoms with Crippen LogP contribution >= 0.6 is 11.6 Å². The first-order chi connectivity index (χ1) is 15.8. The van der Waals surface area contributed by atoms with Crippen LogP contribution in [0.3, 0.4) is 0 Å². The van der Waals surface area contributed by atoms with Crippen LogP contribution in [0.1, 0.15) is 38.7 Å². The number of benzene rings is 2. The van der Waals surface area contributed by atoms with E-state index in [-0.39, 0.29) is 24.0 Å². The molecule has 33 heavy (non-hydrogen) atoms. The van der Waals surface area contributed by atoms with Gasteiger partial charge in [0.05, 0.1) is 28.2 Å². The lowest BCUT2D eigenvalue weighted by Gasteiger charge is -2.14. The fourth-order valence-corrected chi connectivity index (χ4v) is 4.15. The van der Waals surface area contributed by atoms with Gasteiger partial charge in [0, 0.05) is 17.3 Å². The van der Waals surface area contributed by atoms with Crippen molar-refractivity contribution in [2.45, 2.75) is 45.3 Å². The zero-order valence-corrected chi connectivity index (χ0v) is 19.0. The number of anilines is 1. The van der Waals surface area contributed by atoms with E-state index in [1.54, 1.807) is 30.3 Å². The van der Waals surface area contributed by atoms with E-state index in [1.807, 2.05) is 19.9 Å². The molecule has 3 aromatic rings. The zero-order chi connectivity index (χ0) is 23.5. The van der Waals surface area contributed by atoms with E-state index in [0.29, 0.717) is 46.1 Å². The lowest BCUT2D eigenvalue weighted by atomic mass is 10.1. The SMILES string of the molecule is CC(C)Oc1ccc(-c2noc(-c3ccc(N[C@H]4CC[C@@H](C(=O)O)C4)cc3C#N)n2)cc1Cl. The molecule has 0 saturated heterocycles. The van der Waals surface area contributed by atoms with Crippen LogP contribution in [0.2, 0.25) is 5.02 Å². The predicted molar refractivity (Wildman–Crippen MR) is 123 cm³/mol. The molecule has 1 aromatic heterocycles. The van der Waals surface area contributed by atoms with Crippen LogP contribution < -0.4 is 10.1 Å². The highest BCUT2D eigenvalue weighted by atomic mass is 35.5. The van der Waals surface area contributed by atoms with E-state index >= 15 is 0 Å². The van der Waals surface area contributed by atoms with Gasteiger partial charge in [0.15, 0.2) is 0 Å². The molecule has 1 aliphatic carbocycles. The normalized spacial score (nSPS) is 17.7. The van der Waals surface area contributed by atoms with Crippen molar-refractivity contribution in [3.8, 4) is 34.7 Å². The Labute approximate surface area is 196 Å². The molecule has 0 aliphatic heterocycles. The number of hydrogen-bond acceptors (Lipinski definition) is 7. The summed E-state index contributed by atoms with van der Waals surface area (Å²) in [5, 5.41) is 26.7. The lowest BCUT2D eigenvalue weighted by Crippen LogP contribution is -2.17. The van der Waals surface area contributed by atoms with Crippen LogP contribution in [0.25, 0.3) is 22.8 Å². The van der Waals surface area contributed by atoms with Crippen LogP contribution in [-0.4, -0.2) is 33.4 Å². The number of nitrogens with zero attached hydrogens (tertiary/aromatic N) is 3. The number of rotatable bonds is 7. The number of aromatic nitrogens is 2. The maximum absolute atomic E-state index is 11.2. The van der Waals surface area contributed by atoms with Crippen molar-refractivity contribution >= 4 is 23.3 Å². The Balaban J connectivity index is 1.53. The lowest BCUT2D eigenvalue weighted by molar-refractivity contribution is -0.141. The van der Waals surface area contributed by atoms with E-state index in [4.69, 9.17) is 20.9 Å². The maximum atomic E-state index is 11.2. The van der Waals surface area contributed by atoms with Crippen molar-refractivity contribution in [2.75, 3.05) is 5.32 Å². The predicted octanol–water partition coefficient (Wildman–Crippen LogP) is 5.38. The Bertz CT molecular complexity index is 1220.